The predicted octanol–water partition coefficient (Wildman–Crippen LogP) is 4.61. The van der Waals surface area contributed by atoms with Crippen molar-refractivity contribution in [2.24, 2.45) is 0 Å². The van der Waals surface area contributed by atoms with Gasteiger partial charge < -0.3 is 10.2 Å². The van der Waals surface area contributed by atoms with E-state index >= 15 is 0 Å². The van der Waals surface area contributed by atoms with Crippen molar-refractivity contribution in [3.8, 4) is 10.4 Å². The van der Waals surface area contributed by atoms with Gasteiger partial charge in [-0.3, -0.25) is 10.1 Å². The molecule has 1 aliphatic rings. The van der Waals surface area contributed by atoms with Gasteiger partial charge in [0.2, 0.25) is 0 Å². The number of aromatic nitrogens is 1. The summed E-state index contributed by atoms with van der Waals surface area (Å²) >= 11 is 1.58. The molecule has 0 amide bonds. The van der Waals surface area contributed by atoms with Crippen LogP contribution in [0.25, 0.3) is 10.4 Å². The van der Waals surface area contributed by atoms with Crippen LogP contribution in [0.3, 0.4) is 0 Å². The predicted molar refractivity (Wildman–Crippen MR) is 113 cm³/mol. The van der Waals surface area contributed by atoms with Crippen molar-refractivity contribution in [3.63, 3.8) is 0 Å². The first-order valence-electron chi connectivity index (χ1n) is 9.44. The molecule has 0 aliphatic carbocycles. The molecule has 0 saturated carbocycles. The van der Waals surface area contributed by atoms with Crippen LogP contribution in [0.4, 0.5) is 11.5 Å². The minimum atomic E-state index is -0.328. The zero-order valence-electron chi connectivity index (χ0n) is 15.5. The van der Waals surface area contributed by atoms with Gasteiger partial charge in [-0.15, -0.1) is 11.3 Å². The van der Waals surface area contributed by atoms with Crippen LogP contribution >= 0.6 is 11.3 Å². The molecule has 3 aromatic rings. The molecule has 1 aromatic carbocycles. The number of benzene rings is 1. The number of hydrogen-bond acceptors (Lipinski definition) is 6. The van der Waals surface area contributed by atoms with Gasteiger partial charge in [0.1, 0.15) is 5.82 Å². The van der Waals surface area contributed by atoms with Crippen LogP contribution in [0.2, 0.25) is 0 Å². The number of thiophene rings is 1. The Kier molecular flexibility index (Phi) is 5.64. The number of anilines is 1. The molecule has 0 spiro atoms. The van der Waals surface area contributed by atoms with Crippen molar-refractivity contribution < 1.29 is 4.92 Å². The van der Waals surface area contributed by atoms with Gasteiger partial charge in [-0.05, 0) is 42.7 Å². The Morgan fingerprint density at radius 1 is 1.07 bits per heavy atom. The van der Waals surface area contributed by atoms with Gasteiger partial charge in [0.25, 0.3) is 5.69 Å². The van der Waals surface area contributed by atoms with E-state index in [4.69, 9.17) is 0 Å². The fourth-order valence-electron chi connectivity index (χ4n) is 3.44. The third kappa shape index (κ3) is 4.21. The van der Waals surface area contributed by atoms with E-state index in [2.05, 4.69) is 27.3 Å². The lowest BCUT2D eigenvalue weighted by molar-refractivity contribution is -0.384. The quantitative estimate of drug-likeness (QED) is 0.468. The molecular formula is C21H22N4O2S. The van der Waals surface area contributed by atoms with Gasteiger partial charge in [-0.1, -0.05) is 18.2 Å². The summed E-state index contributed by atoms with van der Waals surface area (Å²) in [7, 11) is 0. The van der Waals surface area contributed by atoms with E-state index < -0.39 is 0 Å². The molecule has 0 atom stereocenters. The summed E-state index contributed by atoms with van der Waals surface area (Å²) in [6.07, 6.45) is 4.44. The second-order valence-corrected chi connectivity index (χ2v) is 8.03. The Morgan fingerprint density at radius 3 is 2.64 bits per heavy atom. The monoisotopic (exact) mass is 394 g/mol. The average molecular weight is 395 g/mol. The Labute approximate surface area is 168 Å². The maximum Gasteiger partial charge on any atom is 0.278 e. The van der Waals surface area contributed by atoms with Crippen molar-refractivity contribution in [2.75, 3.05) is 18.0 Å². The van der Waals surface area contributed by atoms with Crippen LogP contribution in [0.15, 0.2) is 54.7 Å². The number of nitro groups is 1. The van der Waals surface area contributed by atoms with Crippen LogP contribution in [-0.4, -0.2) is 23.0 Å². The smallest absolute Gasteiger partial charge is 0.278 e. The van der Waals surface area contributed by atoms with Gasteiger partial charge in [-0.2, -0.15) is 0 Å². The number of rotatable bonds is 7. The molecule has 1 N–H and O–H groups in total. The van der Waals surface area contributed by atoms with E-state index in [1.807, 2.05) is 24.4 Å². The molecular weight excluding hydrogens is 372 g/mol. The number of nitrogens with one attached hydrogen (secondary N) is 1. The van der Waals surface area contributed by atoms with E-state index in [0.29, 0.717) is 5.56 Å². The molecule has 0 radical (unpaired) electrons. The van der Waals surface area contributed by atoms with E-state index in [1.54, 1.807) is 29.5 Å². The fraction of sp³-hybridized carbons (Fsp3) is 0.286. The molecule has 2 aromatic heterocycles. The summed E-state index contributed by atoms with van der Waals surface area (Å²) in [5, 5.41) is 14.7. The number of para-hydroxylation sites is 1. The van der Waals surface area contributed by atoms with Crippen LogP contribution in [0, 0.1) is 10.1 Å². The van der Waals surface area contributed by atoms with Crippen LogP contribution in [-0.2, 0) is 13.1 Å². The third-order valence-electron chi connectivity index (χ3n) is 4.90. The first-order valence-corrected chi connectivity index (χ1v) is 10.3. The molecule has 0 bridgehead atoms. The summed E-state index contributed by atoms with van der Waals surface area (Å²) in [6, 6.07) is 15.1. The van der Waals surface area contributed by atoms with E-state index in [-0.39, 0.29) is 10.6 Å². The zero-order valence-corrected chi connectivity index (χ0v) is 16.3. The Bertz CT molecular complexity index is 949. The standard InChI is InChI=1S/C21H22N4O2S/c26-25(27)19-6-2-1-5-18(19)20-9-8-17(28-20)15-22-13-16-7-10-21(23-14-16)24-11-3-4-12-24/h1-2,5-10,14,22H,3-4,11-13,15H2. The van der Waals surface area contributed by atoms with Crippen LogP contribution in [0.1, 0.15) is 23.3 Å². The fourth-order valence-corrected chi connectivity index (χ4v) is 4.45. The first kappa shape index (κ1) is 18.6. The first-order chi connectivity index (χ1) is 13.7. The number of nitro benzene ring substituents is 1. The van der Waals surface area contributed by atoms with Crippen molar-refractivity contribution in [1.29, 1.82) is 0 Å². The van der Waals surface area contributed by atoms with Gasteiger partial charge in [0, 0.05) is 48.2 Å². The largest absolute Gasteiger partial charge is 0.357 e. The van der Waals surface area contributed by atoms with Crippen molar-refractivity contribution in [1.82, 2.24) is 10.3 Å². The molecule has 7 heteroatoms. The second-order valence-electron chi connectivity index (χ2n) is 6.86. The zero-order chi connectivity index (χ0) is 19.3. The molecule has 144 valence electrons. The van der Waals surface area contributed by atoms with Crippen LogP contribution in [0.5, 0.6) is 0 Å². The number of hydrogen-bond donors (Lipinski definition) is 1. The van der Waals surface area contributed by atoms with Crippen molar-refractivity contribution >= 4 is 22.8 Å². The lowest BCUT2D eigenvalue weighted by atomic mass is 10.1. The van der Waals surface area contributed by atoms with Gasteiger partial charge in [-0.25, -0.2) is 4.98 Å². The maximum absolute atomic E-state index is 11.2. The van der Waals surface area contributed by atoms with E-state index in [1.165, 1.54) is 12.8 Å². The highest BCUT2D eigenvalue weighted by atomic mass is 32.1. The molecule has 28 heavy (non-hydrogen) atoms. The summed E-state index contributed by atoms with van der Waals surface area (Å²) < 4.78 is 0. The highest BCUT2D eigenvalue weighted by Crippen LogP contribution is 2.34. The summed E-state index contributed by atoms with van der Waals surface area (Å²) in [5.41, 5.74) is 1.97. The summed E-state index contributed by atoms with van der Waals surface area (Å²) in [4.78, 5) is 19.9. The molecule has 3 heterocycles. The molecule has 6 nitrogen and oxygen atoms in total. The lowest BCUT2D eigenvalue weighted by Crippen LogP contribution is -2.19. The van der Waals surface area contributed by atoms with E-state index in [0.717, 1.165) is 47.3 Å². The number of pyridine rings is 1. The number of nitrogens with zero attached hydrogens (tertiary/aromatic N) is 3. The molecule has 0 unspecified atom stereocenters. The normalized spacial score (nSPS) is 13.8. The minimum Gasteiger partial charge on any atom is -0.357 e. The second kappa shape index (κ2) is 8.50. The van der Waals surface area contributed by atoms with Gasteiger partial charge in [0.05, 0.1) is 10.5 Å². The molecule has 4 rings (SSSR count). The summed E-state index contributed by atoms with van der Waals surface area (Å²) in [5.74, 6) is 1.06. The summed E-state index contributed by atoms with van der Waals surface area (Å²) in [6.45, 7) is 3.67. The maximum atomic E-state index is 11.2. The average Bonchev–Trinajstić information content (AvgIpc) is 3.41. The van der Waals surface area contributed by atoms with Crippen molar-refractivity contribution in [2.45, 2.75) is 25.9 Å². The molecule has 1 aliphatic heterocycles. The highest BCUT2D eigenvalue weighted by Gasteiger charge is 2.16. The van der Waals surface area contributed by atoms with Crippen molar-refractivity contribution in [3.05, 3.63) is 75.3 Å². The highest BCUT2D eigenvalue weighted by molar-refractivity contribution is 7.15. The SMILES string of the molecule is O=[N+]([O-])c1ccccc1-c1ccc(CNCc2ccc(N3CCCC3)nc2)s1. The third-order valence-corrected chi connectivity index (χ3v) is 6.01. The van der Waals surface area contributed by atoms with Crippen LogP contribution < -0.4 is 10.2 Å². The minimum absolute atomic E-state index is 0.146. The Morgan fingerprint density at radius 2 is 1.89 bits per heavy atom. The topological polar surface area (TPSA) is 71.3 Å². The Balaban J connectivity index is 1.34. The van der Waals surface area contributed by atoms with Gasteiger partial charge in [0.15, 0.2) is 0 Å². The van der Waals surface area contributed by atoms with Gasteiger partial charge >= 0.3 is 0 Å². The Hall–Kier alpha value is -2.77. The lowest BCUT2D eigenvalue weighted by Gasteiger charge is -2.16. The molecule has 1 fully saturated rings. The van der Waals surface area contributed by atoms with E-state index in [9.17, 15) is 10.1 Å². The molecule has 1 saturated heterocycles.